The number of benzene rings is 2. The molecule has 6 heteroatoms. The molecule has 2 rings (SSSR count). The summed E-state index contributed by atoms with van der Waals surface area (Å²) in [6, 6.07) is 8.60. The van der Waals surface area contributed by atoms with Crippen molar-refractivity contribution in [1.82, 2.24) is 0 Å². The van der Waals surface area contributed by atoms with E-state index in [9.17, 15) is 20.1 Å². The number of nitrogen functional groups attached to an aromatic ring is 1. The molecule has 1 amide bonds. The van der Waals surface area contributed by atoms with Crippen molar-refractivity contribution in [2.45, 2.75) is 0 Å². The number of hydrogen-bond donors (Lipinski definition) is 5. The average Bonchev–Trinajstić information content (AvgIpc) is 2.38. The van der Waals surface area contributed by atoms with Gasteiger partial charge < -0.3 is 26.4 Å². The second kappa shape index (κ2) is 4.77. The molecule has 0 radical (unpaired) electrons. The van der Waals surface area contributed by atoms with Crippen molar-refractivity contribution in [3.8, 4) is 17.2 Å². The summed E-state index contributed by atoms with van der Waals surface area (Å²) in [5.41, 5.74) is 6.62. The van der Waals surface area contributed by atoms with Gasteiger partial charge in [0.25, 0.3) is 5.91 Å². The van der Waals surface area contributed by atoms with E-state index < -0.39 is 23.2 Å². The van der Waals surface area contributed by atoms with Crippen molar-refractivity contribution in [3.05, 3.63) is 42.0 Å². The number of anilines is 2. The van der Waals surface area contributed by atoms with Crippen LogP contribution < -0.4 is 11.1 Å². The van der Waals surface area contributed by atoms with Crippen molar-refractivity contribution in [2.24, 2.45) is 0 Å². The third kappa shape index (κ3) is 2.68. The van der Waals surface area contributed by atoms with Gasteiger partial charge in [-0.15, -0.1) is 0 Å². The number of carbonyl (C=O) groups excluding carboxylic acids is 1. The molecule has 0 unspecified atom stereocenters. The molecule has 0 aliphatic heterocycles. The zero-order valence-corrected chi connectivity index (χ0v) is 9.79. The first kappa shape index (κ1) is 12.6. The van der Waals surface area contributed by atoms with Crippen LogP contribution in [0.2, 0.25) is 0 Å². The molecule has 0 atom stereocenters. The Kier molecular flexibility index (Phi) is 3.15. The highest BCUT2D eigenvalue weighted by Crippen LogP contribution is 2.35. The van der Waals surface area contributed by atoms with Crippen LogP contribution >= 0.6 is 0 Å². The molecule has 0 aliphatic rings. The number of phenolic OH excluding ortho intramolecular Hbond substituents is 3. The summed E-state index contributed by atoms with van der Waals surface area (Å²) in [5.74, 6) is -2.33. The molecule has 2 aromatic carbocycles. The number of aromatic hydroxyl groups is 3. The molecule has 98 valence electrons. The Bertz CT molecular complexity index is 600. The third-order valence-electron chi connectivity index (χ3n) is 2.50. The molecule has 0 aromatic heterocycles. The zero-order valence-electron chi connectivity index (χ0n) is 9.79. The van der Waals surface area contributed by atoms with E-state index in [1.54, 1.807) is 24.3 Å². The summed E-state index contributed by atoms with van der Waals surface area (Å²) in [5, 5.41) is 30.4. The molecule has 0 heterocycles. The van der Waals surface area contributed by atoms with Crippen LogP contribution in [-0.4, -0.2) is 21.2 Å². The second-order valence-electron chi connectivity index (χ2n) is 3.94. The van der Waals surface area contributed by atoms with Gasteiger partial charge in [0.1, 0.15) is 0 Å². The molecule has 0 fully saturated rings. The topological polar surface area (TPSA) is 116 Å². The molecule has 0 saturated carbocycles. The quantitative estimate of drug-likeness (QED) is 0.416. The predicted octanol–water partition coefficient (Wildman–Crippen LogP) is 1.64. The average molecular weight is 260 g/mol. The molecular formula is C13H12N2O4. The van der Waals surface area contributed by atoms with Gasteiger partial charge in [-0.05, 0) is 36.4 Å². The Balaban J connectivity index is 2.23. The minimum atomic E-state index is -0.663. The molecule has 0 aliphatic carbocycles. The second-order valence-corrected chi connectivity index (χ2v) is 3.94. The van der Waals surface area contributed by atoms with E-state index in [-0.39, 0.29) is 5.56 Å². The summed E-state index contributed by atoms with van der Waals surface area (Å²) in [6.07, 6.45) is 0. The molecule has 6 nitrogen and oxygen atoms in total. The van der Waals surface area contributed by atoms with Crippen molar-refractivity contribution in [1.29, 1.82) is 0 Å². The maximum Gasteiger partial charge on any atom is 0.255 e. The van der Waals surface area contributed by atoms with Gasteiger partial charge in [0, 0.05) is 16.9 Å². The molecule has 0 bridgehead atoms. The summed E-state index contributed by atoms with van der Waals surface area (Å²) in [4.78, 5) is 11.9. The van der Waals surface area contributed by atoms with Gasteiger partial charge in [-0.2, -0.15) is 0 Å². The molecule has 2 aromatic rings. The van der Waals surface area contributed by atoms with Crippen LogP contribution in [0, 0.1) is 0 Å². The maximum absolute atomic E-state index is 11.9. The highest BCUT2D eigenvalue weighted by atomic mass is 16.3. The van der Waals surface area contributed by atoms with Gasteiger partial charge >= 0.3 is 0 Å². The summed E-state index contributed by atoms with van der Waals surface area (Å²) in [6.45, 7) is 0. The van der Waals surface area contributed by atoms with Crippen LogP contribution in [0.4, 0.5) is 11.4 Å². The number of nitrogens with two attached hydrogens (primary N) is 1. The van der Waals surface area contributed by atoms with Gasteiger partial charge in [-0.1, -0.05) is 0 Å². The highest BCUT2D eigenvalue weighted by molar-refractivity contribution is 6.05. The minimum Gasteiger partial charge on any atom is -0.504 e. The Morgan fingerprint density at radius 2 is 1.53 bits per heavy atom. The first-order valence-corrected chi connectivity index (χ1v) is 5.39. The molecule has 6 N–H and O–H groups in total. The van der Waals surface area contributed by atoms with Gasteiger partial charge in [-0.3, -0.25) is 4.79 Å². The largest absolute Gasteiger partial charge is 0.504 e. The number of rotatable bonds is 2. The summed E-state index contributed by atoms with van der Waals surface area (Å²) in [7, 11) is 0. The fourth-order valence-electron chi connectivity index (χ4n) is 1.50. The molecule has 0 saturated heterocycles. The smallest absolute Gasteiger partial charge is 0.255 e. The number of nitrogens with one attached hydrogen (secondary N) is 1. The van der Waals surface area contributed by atoms with Crippen molar-refractivity contribution >= 4 is 17.3 Å². The van der Waals surface area contributed by atoms with Crippen LogP contribution in [0.3, 0.4) is 0 Å². The molecule has 0 spiro atoms. The Labute approximate surface area is 108 Å². The predicted molar refractivity (Wildman–Crippen MR) is 70.2 cm³/mol. The minimum absolute atomic E-state index is 0.0182. The first-order valence-electron chi connectivity index (χ1n) is 5.39. The monoisotopic (exact) mass is 260 g/mol. The summed E-state index contributed by atoms with van der Waals surface area (Å²) >= 11 is 0. The lowest BCUT2D eigenvalue weighted by Crippen LogP contribution is -2.11. The van der Waals surface area contributed by atoms with E-state index in [1.165, 1.54) is 0 Å². The van der Waals surface area contributed by atoms with E-state index >= 15 is 0 Å². The van der Waals surface area contributed by atoms with Crippen LogP contribution in [0.1, 0.15) is 10.4 Å². The number of hydrogen-bond acceptors (Lipinski definition) is 5. The standard InChI is InChI=1S/C13H12N2O4/c14-8-1-3-9(4-2-8)15-13(19)7-5-10(16)12(18)11(17)6-7/h1-6,16-18H,14H2,(H,15,19). The van der Waals surface area contributed by atoms with E-state index in [1.807, 2.05) is 0 Å². The highest BCUT2D eigenvalue weighted by Gasteiger charge is 2.13. The van der Waals surface area contributed by atoms with Gasteiger partial charge in [-0.25, -0.2) is 0 Å². The van der Waals surface area contributed by atoms with E-state index in [4.69, 9.17) is 5.73 Å². The fraction of sp³-hybridized carbons (Fsp3) is 0. The van der Waals surface area contributed by atoms with Gasteiger partial charge in [0.05, 0.1) is 0 Å². The lowest BCUT2D eigenvalue weighted by Gasteiger charge is -2.07. The lowest BCUT2D eigenvalue weighted by molar-refractivity contribution is 0.102. The Morgan fingerprint density at radius 1 is 1.00 bits per heavy atom. The van der Waals surface area contributed by atoms with E-state index in [0.717, 1.165) is 12.1 Å². The van der Waals surface area contributed by atoms with Gasteiger partial charge in [0.2, 0.25) is 0 Å². The molecular weight excluding hydrogens is 248 g/mol. The van der Waals surface area contributed by atoms with Gasteiger partial charge in [0.15, 0.2) is 17.2 Å². The SMILES string of the molecule is Nc1ccc(NC(=O)c2cc(O)c(O)c(O)c2)cc1. The van der Waals surface area contributed by atoms with E-state index in [2.05, 4.69) is 5.32 Å². The summed E-state index contributed by atoms with van der Waals surface area (Å²) < 4.78 is 0. The lowest BCUT2D eigenvalue weighted by atomic mass is 10.1. The fourth-order valence-corrected chi connectivity index (χ4v) is 1.50. The molecule has 19 heavy (non-hydrogen) atoms. The number of carbonyl (C=O) groups is 1. The normalized spacial score (nSPS) is 10.1. The van der Waals surface area contributed by atoms with Crippen LogP contribution in [-0.2, 0) is 0 Å². The van der Waals surface area contributed by atoms with Crippen LogP contribution in [0.15, 0.2) is 36.4 Å². The van der Waals surface area contributed by atoms with E-state index in [0.29, 0.717) is 11.4 Å². The zero-order chi connectivity index (χ0) is 14.0. The number of amides is 1. The maximum atomic E-state index is 11.9. The number of phenols is 3. The van der Waals surface area contributed by atoms with Crippen molar-refractivity contribution < 1.29 is 20.1 Å². The first-order chi connectivity index (χ1) is 8.97. The Hall–Kier alpha value is -2.89. The Morgan fingerprint density at radius 3 is 2.05 bits per heavy atom. The van der Waals surface area contributed by atoms with Crippen LogP contribution in [0.25, 0.3) is 0 Å². The van der Waals surface area contributed by atoms with Crippen LogP contribution in [0.5, 0.6) is 17.2 Å². The van der Waals surface area contributed by atoms with Crippen molar-refractivity contribution in [2.75, 3.05) is 11.1 Å². The third-order valence-corrected chi connectivity index (χ3v) is 2.50. The van der Waals surface area contributed by atoms with Crippen molar-refractivity contribution in [3.63, 3.8) is 0 Å².